The summed E-state index contributed by atoms with van der Waals surface area (Å²) in [6.07, 6.45) is 2.01. The van der Waals surface area contributed by atoms with Gasteiger partial charge in [-0.2, -0.15) is 0 Å². The van der Waals surface area contributed by atoms with Crippen LogP contribution in [0, 0.1) is 0 Å². The van der Waals surface area contributed by atoms with Gasteiger partial charge in [-0.1, -0.05) is 41.9 Å². The molecule has 0 saturated carbocycles. The summed E-state index contributed by atoms with van der Waals surface area (Å²) in [5.41, 5.74) is 4.48. The maximum Gasteiger partial charge on any atom is 0.412 e. The van der Waals surface area contributed by atoms with Gasteiger partial charge in [0.25, 0.3) is 5.91 Å². The van der Waals surface area contributed by atoms with Crippen LogP contribution in [0.3, 0.4) is 0 Å². The molecule has 0 spiro atoms. The first-order valence-electron chi connectivity index (χ1n) is 10.6. The Morgan fingerprint density at radius 2 is 1.97 bits per heavy atom. The lowest BCUT2D eigenvalue weighted by molar-refractivity contribution is -0.203. The molecule has 0 aliphatic carbocycles. The van der Waals surface area contributed by atoms with E-state index in [1.54, 1.807) is 24.3 Å². The molecule has 8 nitrogen and oxygen atoms in total. The van der Waals surface area contributed by atoms with Crippen LogP contribution >= 0.6 is 11.6 Å². The topological polar surface area (TPSA) is 95.1 Å². The minimum atomic E-state index is -0.742. The van der Waals surface area contributed by atoms with E-state index in [4.69, 9.17) is 30.6 Å². The molecule has 4 rings (SSSR count). The Kier molecular flexibility index (Phi) is 7.47. The summed E-state index contributed by atoms with van der Waals surface area (Å²) in [4.78, 5) is 30.2. The van der Waals surface area contributed by atoms with Crippen LogP contribution < -0.4 is 15.5 Å². The van der Waals surface area contributed by atoms with Crippen molar-refractivity contribution in [2.45, 2.75) is 51.1 Å². The molecule has 0 radical (unpaired) electrons. The molecule has 0 aromatic heterocycles. The minimum absolute atomic E-state index is 0.0347. The predicted octanol–water partition coefficient (Wildman–Crippen LogP) is 4.36. The molecule has 0 bridgehead atoms. The van der Waals surface area contributed by atoms with E-state index in [1.165, 1.54) is 0 Å². The highest BCUT2D eigenvalue weighted by Crippen LogP contribution is 2.35. The molecule has 2 aliphatic rings. The second kappa shape index (κ2) is 10.7. The molecule has 2 amide bonds. The summed E-state index contributed by atoms with van der Waals surface area (Å²) in [6.45, 7) is 0.655. The van der Waals surface area contributed by atoms with Gasteiger partial charge in [-0.25, -0.2) is 15.1 Å². The van der Waals surface area contributed by atoms with Crippen molar-refractivity contribution in [2.24, 2.45) is 0 Å². The fraction of sp³-hybridized carbons (Fsp3) is 0.391. The predicted molar refractivity (Wildman–Crippen MR) is 117 cm³/mol. The zero-order chi connectivity index (χ0) is 22.3. The van der Waals surface area contributed by atoms with Crippen LogP contribution in [-0.4, -0.2) is 31.0 Å². The molecular formula is C23H25ClN2O6. The van der Waals surface area contributed by atoms with Gasteiger partial charge in [-0.3, -0.25) is 10.1 Å². The Hall–Kier alpha value is -2.81. The van der Waals surface area contributed by atoms with Crippen LogP contribution in [0.4, 0.5) is 10.5 Å². The average Bonchev–Trinajstić information content (AvgIpc) is 2.82. The van der Waals surface area contributed by atoms with Crippen LogP contribution in [0.25, 0.3) is 0 Å². The van der Waals surface area contributed by atoms with E-state index in [-0.39, 0.29) is 12.5 Å². The highest BCUT2D eigenvalue weighted by Gasteiger charge is 2.29. The summed E-state index contributed by atoms with van der Waals surface area (Å²) in [5, 5.41) is 3.21. The third-order valence-corrected chi connectivity index (χ3v) is 5.68. The number of amides is 2. The Labute approximate surface area is 191 Å². The van der Waals surface area contributed by atoms with Crippen molar-refractivity contribution < 1.29 is 28.6 Å². The molecule has 2 aromatic carbocycles. The van der Waals surface area contributed by atoms with Crippen LogP contribution in [0.15, 0.2) is 42.5 Å². The average molecular weight is 461 g/mol. The largest absolute Gasteiger partial charge is 0.478 e. The van der Waals surface area contributed by atoms with E-state index in [1.807, 2.05) is 18.2 Å². The molecule has 2 unspecified atom stereocenters. The van der Waals surface area contributed by atoms with Crippen molar-refractivity contribution in [3.63, 3.8) is 0 Å². The quantitative estimate of drug-likeness (QED) is 0.622. The second-order valence-electron chi connectivity index (χ2n) is 7.61. The zero-order valence-electron chi connectivity index (χ0n) is 17.5. The normalized spacial score (nSPS) is 19.9. The van der Waals surface area contributed by atoms with E-state index in [2.05, 4.69) is 10.8 Å². The number of aryl methyl sites for hydroxylation is 1. The SMILES string of the molecule is O=C(Nc1cccc2c1OC(C(=O)NOC1CCCCO1)CC2)OCc1ccccc1Cl. The number of hydroxylamine groups is 1. The molecule has 170 valence electrons. The van der Waals surface area contributed by atoms with Crippen LogP contribution in [0.2, 0.25) is 5.02 Å². The lowest BCUT2D eigenvalue weighted by atomic mass is 10.0. The van der Waals surface area contributed by atoms with E-state index in [9.17, 15) is 9.59 Å². The molecule has 2 N–H and O–H groups in total. The number of hydrogen-bond acceptors (Lipinski definition) is 6. The molecule has 2 aromatic rings. The van der Waals surface area contributed by atoms with Gasteiger partial charge >= 0.3 is 6.09 Å². The van der Waals surface area contributed by atoms with Gasteiger partial charge in [0.05, 0.1) is 5.69 Å². The molecule has 1 fully saturated rings. The number of ether oxygens (including phenoxy) is 3. The second-order valence-corrected chi connectivity index (χ2v) is 8.02. The summed E-state index contributed by atoms with van der Waals surface area (Å²) < 4.78 is 16.7. The Bertz CT molecular complexity index is 963. The Morgan fingerprint density at radius 1 is 1.09 bits per heavy atom. The first-order chi connectivity index (χ1) is 15.6. The van der Waals surface area contributed by atoms with E-state index in [0.717, 1.165) is 24.8 Å². The zero-order valence-corrected chi connectivity index (χ0v) is 18.2. The number of nitrogens with one attached hydrogen (secondary N) is 2. The van der Waals surface area contributed by atoms with Crippen molar-refractivity contribution >= 4 is 29.3 Å². The van der Waals surface area contributed by atoms with Crippen molar-refractivity contribution in [3.05, 3.63) is 58.6 Å². The van der Waals surface area contributed by atoms with Gasteiger partial charge in [0, 0.05) is 23.6 Å². The number of benzene rings is 2. The molecule has 2 atom stereocenters. The minimum Gasteiger partial charge on any atom is -0.478 e. The number of anilines is 1. The Balaban J connectivity index is 1.34. The van der Waals surface area contributed by atoms with Gasteiger partial charge in [0.15, 0.2) is 12.4 Å². The number of fused-ring (bicyclic) bond motifs is 1. The lowest BCUT2D eigenvalue weighted by Crippen LogP contribution is -2.43. The fourth-order valence-electron chi connectivity index (χ4n) is 3.59. The van der Waals surface area contributed by atoms with E-state index < -0.39 is 18.5 Å². The summed E-state index contributed by atoms with van der Waals surface area (Å²) in [7, 11) is 0. The third kappa shape index (κ3) is 5.70. The maximum absolute atomic E-state index is 12.5. The smallest absolute Gasteiger partial charge is 0.412 e. The van der Waals surface area contributed by atoms with Crippen molar-refractivity contribution in [1.29, 1.82) is 0 Å². The van der Waals surface area contributed by atoms with Crippen molar-refractivity contribution in [3.8, 4) is 5.75 Å². The van der Waals surface area contributed by atoms with Crippen LogP contribution in [0.1, 0.15) is 36.8 Å². The standard InChI is InChI=1S/C23H25ClN2O6/c24-17-8-2-1-6-16(17)14-30-23(28)25-18-9-5-7-15-11-12-19(31-21(15)18)22(27)26-32-20-10-3-4-13-29-20/h1-2,5-9,19-20H,3-4,10-14H2,(H,25,28)(H,26,27). The van der Waals surface area contributed by atoms with Gasteiger partial charge in [0.2, 0.25) is 0 Å². The molecule has 9 heteroatoms. The summed E-state index contributed by atoms with van der Waals surface area (Å²) in [5.74, 6) is 0.0587. The first kappa shape index (κ1) is 22.4. The monoisotopic (exact) mass is 460 g/mol. The lowest BCUT2D eigenvalue weighted by Gasteiger charge is -2.28. The molecule has 2 aliphatic heterocycles. The van der Waals surface area contributed by atoms with Gasteiger partial charge in [0.1, 0.15) is 12.4 Å². The highest BCUT2D eigenvalue weighted by atomic mass is 35.5. The fourth-order valence-corrected chi connectivity index (χ4v) is 3.78. The van der Waals surface area contributed by atoms with E-state index >= 15 is 0 Å². The van der Waals surface area contributed by atoms with Gasteiger partial charge in [-0.15, -0.1) is 0 Å². The third-order valence-electron chi connectivity index (χ3n) is 5.31. The number of carbonyl (C=O) groups excluding carboxylic acids is 2. The number of carbonyl (C=O) groups is 2. The molecule has 32 heavy (non-hydrogen) atoms. The number of hydrogen-bond donors (Lipinski definition) is 2. The molecular weight excluding hydrogens is 436 g/mol. The van der Waals surface area contributed by atoms with Gasteiger partial charge in [-0.05, 0) is 43.4 Å². The number of para-hydroxylation sites is 1. The van der Waals surface area contributed by atoms with Crippen molar-refractivity contribution in [2.75, 3.05) is 11.9 Å². The van der Waals surface area contributed by atoms with Crippen LogP contribution in [0.5, 0.6) is 5.75 Å². The first-order valence-corrected chi connectivity index (χ1v) is 11.0. The summed E-state index contributed by atoms with van der Waals surface area (Å²) in [6, 6.07) is 12.5. The maximum atomic E-state index is 12.5. The number of rotatable bonds is 6. The van der Waals surface area contributed by atoms with E-state index in [0.29, 0.717) is 41.5 Å². The summed E-state index contributed by atoms with van der Waals surface area (Å²) >= 11 is 6.10. The Morgan fingerprint density at radius 3 is 2.78 bits per heavy atom. The number of halogens is 1. The van der Waals surface area contributed by atoms with Crippen LogP contribution in [-0.2, 0) is 32.1 Å². The van der Waals surface area contributed by atoms with Gasteiger partial charge < -0.3 is 14.2 Å². The highest BCUT2D eigenvalue weighted by molar-refractivity contribution is 6.31. The molecule has 1 saturated heterocycles. The van der Waals surface area contributed by atoms with Crippen molar-refractivity contribution in [1.82, 2.24) is 5.48 Å². The molecule has 2 heterocycles.